The highest BCUT2D eigenvalue weighted by Gasteiger charge is 2.30. The maximum atomic E-state index is 13.9. The van der Waals surface area contributed by atoms with Crippen LogP contribution in [0.4, 0.5) is 17.6 Å². The van der Waals surface area contributed by atoms with Gasteiger partial charge in [-0.15, -0.1) is 0 Å². The molecule has 2 nitrogen and oxygen atoms in total. The molecule has 0 radical (unpaired) electrons. The van der Waals surface area contributed by atoms with Crippen LogP contribution in [0.2, 0.25) is 5.02 Å². The predicted molar refractivity (Wildman–Crippen MR) is 72.0 cm³/mol. The van der Waals surface area contributed by atoms with Crippen LogP contribution in [0.5, 0.6) is 0 Å². The molecule has 112 valence electrons. The van der Waals surface area contributed by atoms with Gasteiger partial charge in [-0.3, -0.25) is 5.84 Å². The number of nitrogens with two attached hydrogens (primary N) is 1. The first-order chi connectivity index (χ1) is 9.84. The summed E-state index contributed by atoms with van der Waals surface area (Å²) < 4.78 is 51.5. The lowest BCUT2D eigenvalue weighted by atomic mass is 9.97. The van der Waals surface area contributed by atoms with Crippen molar-refractivity contribution < 1.29 is 17.6 Å². The van der Waals surface area contributed by atoms with Crippen LogP contribution < -0.4 is 11.3 Å². The summed E-state index contributed by atoms with van der Waals surface area (Å²) >= 11 is 5.94. The number of hydrogen-bond donors (Lipinski definition) is 2. The quantitative estimate of drug-likeness (QED) is 0.509. The molecular weight excluding hydrogens is 308 g/mol. The van der Waals surface area contributed by atoms with Gasteiger partial charge in [-0.1, -0.05) is 29.8 Å². The normalized spacial score (nSPS) is 13.2. The van der Waals surface area contributed by atoms with Crippen LogP contribution in [0, 0.1) is 5.82 Å². The second-order valence-electron chi connectivity index (χ2n) is 4.35. The Morgan fingerprint density at radius 3 is 2.14 bits per heavy atom. The molecule has 3 N–H and O–H groups in total. The molecule has 0 fully saturated rings. The van der Waals surface area contributed by atoms with E-state index in [0.29, 0.717) is 5.56 Å². The van der Waals surface area contributed by atoms with Crippen LogP contribution in [0.15, 0.2) is 42.5 Å². The molecule has 0 bridgehead atoms. The third-order valence-corrected chi connectivity index (χ3v) is 3.36. The fraction of sp³-hybridized carbons (Fsp3) is 0.143. The van der Waals surface area contributed by atoms with Gasteiger partial charge < -0.3 is 0 Å². The summed E-state index contributed by atoms with van der Waals surface area (Å²) in [6.45, 7) is 0. The second-order valence-corrected chi connectivity index (χ2v) is 4.76. The van der Waals surface area contributed by atoms with Gasteiger partial charge in [0.2, 0.25) is 0 Å². The van der Waals surface area contributed by atoms with Crippen LogP contribution >= 0.6 is 11.6 Å². The Kier molecular flexibility index (Phi) is 4.51. The average molecular weight is 319 g/mol. The van der Waals surface area contributed by atoms with Crippen molar-refractivity contribution in [3.8, 4) is 0 Å². The molecule has 0 aliphatic heterocycles. The third-order valence-electron chi connectivity index (χ3n) is 3.03. The Balaban J connectivity index is 2.43. The maximum absolute atomic E-state index is 13.9. The van der Waals surface area contributed by atoms with E-state index in [0.717, 1.165) is 12.1 Å². The summed E-state index contributed by atoms with van der Waals surface area (Å²) in [7, 11) is 0. The standard InChI is InChI=1S/C14H11ClF4N2/c15-10-2-1-3-11(16)12(10)13(21-20)8-4-6-9(7-5-8)14(17,18)19/h1-7,13,21H,20H2. The van der Waals surface area contributed by atoms with Gasteiger partial charge >= 0.3 is 6.18 Å². The number of benzene rings is 2. The molecule has 2 rings (SSSR count). The van der Waals surface area contributed by atoms with E-state index in [4.69, 9.17) is 17.4 Å². The van der Waals surface area contributed by atoms with Crippen molar-refractivity contribution in [1.29, 1.82) is 0 Å². The molecule has 0 aromatic heterocycles. The molecule has 0 heterocycles. The monoisotopic (exact) mass is 318 g/mol. The number of halogens is 5. The first-order valence-electron chi connectivity index (χ1n) is 5.91. The summed E-state index contributed by atoms with van der Waals surface area (Å²) in [5, 5.41) is 0.137. The number of alkyl halides is 3. The lowest BCUT2D eigenvalue weighted by Crippen LogP contribution is -2.29. The van der Waals surface area contributed by atoms with E-state index in [1.165, 1.54) is 30.3 Å². The number of rotatable bonds is 3. The van der Waals surface area contributed by atoms with Crippen LogP contribution in [0.25, 0.3) is 0 Å². The van der Waals surface area contributed by atoms with Crippen LogP contribution in [-0.4, -0.2) is 0 Å². The highest BCUT2D eigenvalue weighted by atomic mass is 35.5. The van der Waals surface area contributed by atoms with Crippen molar-refractivity contribution in [2.45, 2.75) is 12.2 Å². The Bertz CT molecular complexity index is 606. The zero-order chi connectivity index (χ0) is 15.6. The first-order valence-corrected chi connectivity index (χ1v) is 6.29. The highest BCUT2D eigenvalue weighted by Crippen LogP contribution is 2.33. The molecule has 0 aliphatic rings. The summed E-state index contributed by atoms with van der Waals surface area (Å²) in [5.41, 5.74) is 2.04. The van der Waals surface area contributed by atoms with Crippen molar-refractivity contribution >= 4 is 11.6 Å². The van der Waals surface area contributed by atoms with E-state index in [-0.39, 0.29) is 10.6 Å². The molecule has 0 saturated heterocycles. The van der Waals surface area contributed by atoms with Gasteiger partial charge in [-0.05, 0) is 29.8 Å². The molecule has 0 amide bonds. The molecule has 1 unspecified atom stereocenters. The minimum absolute atomic E-state index is 0.0847. The fourth-order valence-corrected chi connectivity index (χ4v) is 2.27. The topological polar surface area (TPSA) is 38.0 Å². The van der Waals surface area contributed by atoms with Crippen molar-refractivity contribution in [1.82, 2.24) is 5.43 Å². The Morgan fingerprint density at radius 2 is 1.67 bits per heavy atom. The van der Waals surface area contributed by atoms with Crippen molar-refractivity contribution in [3.63, 3.8) is 0 Å². The molecule has 7 heteroatoms. The van der Waals surface area contributed by atoms with Crippen LogP contribution in [0.1, 0.15) is 22.7 Å². The minimum atomic E-state index is -4.43. The van der Waals surface area contributed by atoms with Gasteiger partial charge in [0.25, 0.3) is 0 Å². The van der Waals surface area contributed by atoms with E-state index in [9.17, 15) is 17.6 Å². The Labute approximate surface area is 123 Å². The summed E-state index contributed by atoms with van der Waals surface area (Å²) in [6.07, 6.45) is -4.43. The van der Waals surface area contributed by atoms with Gasteiger partial charge in [0.1, 0.15) is 5.82 Å². The summed E-state index contributed by atoms with van der Waals surface area (Å²) in [6, 6.07) is 7.56. The van der Waals surface area contributed by atoms with Crippen LogP contribution in [0.3, 0.4) is 0 Å². The molecule has 0 aliphatic carbocycles. The SMILES string of the molecule is NNC(c1ccc(C(F)(F)F)cc1)c1c(F)cccc1Cl. The van der Waals surface area contributed by atoms with Gasteiger partial charge in [0, 0.05) is 10.6 Å². The molecule has 0 spiro atoms. The maximum Gasteiger partial charge on any atom is 0.416 e. The van der Waals surface area contributed by atoms with Gasteiger partial charge in [-0.2, -0.15) is 13.2 Å². The van der Waals surface area contributed by atoms with Crippen molar-refractivity contribution in [3.05, 3.63) is 70.0 Å². The second kappa shape index (κ2) is 6.01. The molecule has 2 aromatic carbocycles. The zero-order valence-electron chi connectivity index (χ0n) is 10.6. The zero-order valence-corrected chi connectivity index (χ0v) is 11.3. The largest absolute Gasteiger partial charge is 0.416 e. The number of nitrogens with one attached hydrogen (secondary N) is 1. The lowest BCUT2D eigenvalue weighted by molar-refractivity contribution is -0.137. The smallest absolute Gasteiger partial charge is 0.271 e. The van der Waals surface area contributed by atoms with Crippen molar-refractivity contribution in [2.24, 2.45) is 5.84 Å². The van der Waals surface area contributed by atoms with Crippen LogP contribution in [-0.2, 0) is 6.18 Å². The first kappa shape index (κ1) is 15.8. The third kappa shape index (κ3) is 3.34. The fourth-order valence-electron chi connectivity index (χ4n) is 2.00. The number of hydrazine groups is 1. The Hall–Kier alpha value is -1.63. The predicted octanol–water partition coefficient (Wildman–Crippen LogP) is 4.05. The van der Waals surface area contributed by atoms with E-state index >= 15 is 0 Å². The molecular formula is C14H11ClF4N2. The molecule has 1 atom stereocenters. The van der Waals surface area contributed by atoms with Gasteiger partial charge in [-0.25, -0.2) is 9.82 Å². The number of hydrogen-bond acceptors (Lipinski definition) is 2. The lowest BCUT2D eigenvalue weighted by Gasteiger charge is -2.19. The van der Waals surface area contributed by atoms with E-state index < -0.39 is 23.6 Å². The molecule has 0 saturated carbocycles. The van der Waals surface area contributed by atoms with E-state index in [1.54, 1.807) is 0 Å². The summed E-state index contributed by atoms with van der Waals surface area (Å²) in [5.74, 6) is 4.81. The van der Waals surface area contributed by atoms with E-state index in [1.807, 2.05) is 0 Å². The van der Waals surface area contributed by atoms with E-state index in [2.05, 4.69) is 5.43 Å². The summed E-state index contributed by atoms with van der Waals surface area (Å²) in [4.78, 5) is 0. The van der Waals surface area contributed by atoms with Gasteiger partial charge in [0.15, 0.2) is 0 Å². The Morgan fingerprint density at radius 1 is 1.05 bits per heavy atom. The minimum Gasteiger partial charge on any atom is -0.271 e. The highest BCUT2D eigenvalue weighted by molar-refractivity contribution is 6.31. The average Bonchev–Trinajstić information content (AvgIpc) is 2.42. The van der Waals surface area contributed by atoms with Crippen molar-refractivity contribution in [2.75, 3.05) is 0 Å². The van der Waals surface area contributed by atoms with Gasteiger partial charge in [0.05, 0.1) is 11.6 Å². The molecule has 21 heavy (non-hydrogen) atoms. The molecule has 2 aromatic rings.